The van der Waals surface area contributed by atoms with Gasteiger partial charge in [-0.3, -0.25) is 9.64 Å². The monoisotopic (exact) mass is 405 g/mol. The van der Waals surface area contributed by atoms with Crippen molar-refractivity contribution >= 4 is 11.0 Å². The summed E-state index contributed by atoms with van der Waals surface area (Å²) in [6.45, 7) is 15.7. The van der Waals surface area contributed by atoms with Gasteiger partial charge in [-0.25, -0.2) is 16.5 Å². The van der Waals surface area contributed by atoms with Crippen molar-refractivity contribution in [2.24, 2.45) is 7.05 Å². The molecule has 3 aromatic rings. The largest absolute Gasteiger partial charge is 0.369 e. The topological polar surface area (TPSA) is 67.5 Å². The van der Waals surface area contributed by atoms with E-state index in [1.54, 1.807) is 11.6 Å². The zero-order chi connectivity index (χ0) is 21.4. The van der Waals surface area contributed by atoms with Crippen molar-refractivity contribution in [3.05, 3.63) is 63.0 Å². The van der Waals surface area contributed by atoms with Gasteiger partial charge in [-0.2, -0.15) is 0 Å². The van der Waals surface area contributed by atoms with E-state index in [9.17, 15) is 4.79 Å². The number of ether oxygens (including phenoxy) is 1. The van der Waals surface area contributed by atoms with E-state index < -0.39 is 0 Å². The van der Waals surface area contributed by atoms with Gasteiger partial charge in [-0.15, -0.1) is 0 Å². The van der Waals surface area contributed by atoms with Crippen LogP contribution in [0.25, 0.3) is 27.1 Å². The quantitative estimate of drug-likeness (QED) is 0.674. The van der Waals surface area contributed by atoms with Crippen molar-refractivity contribution in [2.45, 2.75) is 32.8 Å². The summed E-state index contributed by atoms with van der Waals surface area (Å²) < 4.78 is 7.60. The van der Waals surface area contributed by atoms with Gasteiger partial charge < -0.3 is 14.3 Å². The van der Waals surface area contributed by atoms with Gasteiger partial charge in [-0.1, -0.05) is 13.8 Å². The Labute approximate surface area is 176 Å². The first-order valence-corrected chi connectivity index (χ1v) is 10.3. The van der Waals surface area contributed by atoms with Crippen LogP contribution in [0, 0.1) is 13.5 Å². The van der Waals surface area contributed by atoms with E-state index in [4.69, 9.17) is 16.3 Å². The third kappa shape index (κ3) is 3.64. The van der Waals surface area contributed by atoms with Gasteiger partial charge in [0, 0.05) is 43.0 Å². The first-order chi connectivity index (χ1) is 14.4. The van der Waals surface area contributed by atoms with Crippen LogP contribution in [-0.4, -0.2) is 45.8 Å². The number of nitrogens with one attached hydrogen (secondary N) is 1. The predicted molar refractivity (Wildman–Crippen MR) is 117 cm³/mol. The van der Waals surface area contributed by atoms with Gasteiger partial charge in [-0.05, 0) is 31.0 Å². The molecule has 1 atom stereocenters. The fourth-order valence-corrected chi connectivity index (χ4v) is 4.19. The Morgan fingerprint density at radius 2 is 2.20 bits per heavy atom. The summed E-state index contributed by atoms with van der Waals surface area (Å²) in [5, 5.41) is 0. The van der Waals surface area contributed by atoms with Gasteiger partial charge in [0.25, 0.3) is 12.2 Å². The summed E-state index contributed by atoms with van der Waals surface area (Å²) in [7, 11) is 1.78. The minimum Gasteiger partial charge on any atom is -0.369 e. The average molecular weight is 406 g/mol. The molecule has 0 radical (unpaired) electrons. The average Bonchev–Trinajstić information content (AvgIpc) is 3.11. The van der Waals surface area contributed by atoms with Crippen LogP contribution in [0.1, 0.15) is 42.7 Å². The smallest absolute Gasteiger partial charge is 0.270 e. The molecule has 7 heteroatoms. The molecule has 7 nitrogen and oxygen atoms in total. The number of aromatic nitrogens is 3. The molecule has 4 rings (SSSR count). The molecule has 0 aromatic carbocycles. The lowest BCUT2D eigenvalue weighted by Gasteiger charge is -2.29. The summed E-state index contributed by atoms with van der Waals surface area (Å²) >= 11 is 0. The number of pyridine rings is 2. The fourth-order valence-electron chi connectivity index (χ4n) is 4.19. The number of H-pyrrole nitrogens is 1. The van der Waals surface area contributed by atoms with Crippen LogP contribution < -0.4 is 5.56 Å². The van der Waals surface area contributed by atoms with Crippen molar-refractivity contribution in [1.29, 1.82) is 0 Å². The zero-order valence-electron chi connectivity index (χ0n) is 17.9. The van der Waals surface area contributed by atoms with Crippen molar-refractivity contribution in [3.8, 4) is 11.3 Å². The molecule has 1 aliphatic heterocycles. The van der Waals surface area contributed by atoms with Crippen molar-refractivity contribution in [3.63, 3.8) is 0 Å². The minimum atomic E-state index is -0.136. The van der Waals surface area contributed by atoms with Gasteiger partial charge in [0.05, 0.1) is 29.0 Å². The molecular formula is C23H27N5O2. The maximum atomic E-state index is 12.1. The number of morpholine rings is 1. The fraction of sp³-hybridized carbons (Fsp3) is 0.435. The molecule has 30 heavy (non-hydrogen) atoms. The Morgan fingerprint density at radius 3 is 2.90 bits per heavy atom. The first-order valence-electron chi connectivity index (χ1n) is 10.3. The summed E-state index contributed by atoms with van der Waals surface area (Å²) in [4.78, 5) is 26.3. The standard InChI is InChI=1S/C23H27N5O2/c1-14(2)20-21(16-10-15(3)23(29)27(5)11-16)26-18-7-6-17(25-22(18)20)19-12-28(13-24-4)8-9-30-19/h6-7,10-11,14,19,26H,8-9,12-13H2,1-3,5H3. The molecule has 3 aromatic heterocycles. The summed E-state index contributed by atoms with van der Waals surface area (Å²) in [5.41, 5.74) is 6.65. The van der Waals surface area contributed by atoms with Gasteiger partial charge in [0.2, 0.25) is 0 Å². The third-order valence-electron chi connectivity index (χ3n) is 5.68. The molecule has 1 aliphatic rings. The van der Waals surface area contributed by atoms with Crippen molar-refractivity contribution in [1.82, 2.24) is 19.4 Å². The van der Waals surface area contributed by atoms with Gasteiger partial charge >= 0.3 is 0 Å². The van der Waals surface area contributed by atoms with E-state index in [0.29, 0.717) is 25.4 Å². The van der Waals surface area contributed by atoms with E-state index in [0.717, 1.165) is 40.1 Å². The van der Waals surface area contributed by atoms with Crippen LogP contribution in [0.5, 0.6) is 0 Å². The molecule has 0 spiro atoms. The molecule has 1 fully saturated rings. The number of rotatable bonds is 4. The highest BCUT2D eigenvalue weighted by Gasteiger charge is 2.26. The van der Waals surface area contributed by atoms with E-state index in [1.165, 1.54) is 0 Å². The molecule has 156 valence electrons. The number of fused-ring (bicyclic) bond motifs is 1. The zero-order valence-corrected chi connectivity index (χ0v) is 17.9. The predicted octanol–water partition coefficient (Wildman–Crippen LogP) is 3.61. The van der Waals surface area contributed by atoms with E-state index in [-0.39, 0.29) is 17.6 Å². The summed E-state index contributed by atoms with van der Waals surface area (Å²) in [6, 6.07) is 6.00. The van der Waals surface area contributed by atoms with Crippen molar-refractivity contribution in [2.75, 3.05) is 26.4 Å². The number of aromatic amines is 1. The maximum absolute atomic E-state index is 12.1. The van der Waals surface area contributed by atoms with Crippen LogP contribution in [0.15, 0.2) is 29.2 Å². The molecule has 1 unspecified atom stereocenters. The summed E-state index contributed by atoms with van der Waals surface area (Å²) in [5.74, 6) is 0.250. The van der Waals surface area contributed by atoms with E-state index in [2.05, 4.69) is 34.6 Å². The van der Waals surface area contributed by atoms with Crippen molar-refractivity contribution < 1.29 is 4.74 Å². The van der Waals surface area contributed by atoms with Crippen LogP contribution >= 0.6 is 0 Å². The molecule has 1 N–H and O–H groups in total. The Morgan fingerprint density at radius 1 is 1.40 bits per heavy atom. The lowest BCUT2D eigenvalue weighted by atomic mass is 9.98. The second-order valence-electron chi connectivity index (χ2n) is 8.26. The highest BCUT2D eigenvalue weighted by Crippen LogP contribution is 2.35. The van der Waals surface area contributed by atoms with E-state index >= 15 is 0 Å². The summed E-state index contributed by atoms with van der Waals surface area (Å²) in [6.07, 6.45) is 1.74. The number of hydrogen-bond donors (Lipinski definition) is 1. The van der Waals surface area contributed by atoms with Crippen LogP contribution in [0.3, 0.4) is 0 Å². The second-order valence-corrected chi connectivity index (χ2v) is 8.26. The molecular weight excluding hydrogens is 378 g/mol. The Kier molecular flexibility index (Phi) is 5.46. The Hall–Kier alpha value is -2.95. The lowest BCUT2D eigenvalue weighted by molar-refractivity contribution is -0.0282. The number of hydrogen-bond acceptors (Lipinski definition) is 4. The highest BCUT2D eigenvalue weighted by atomic mass is 16.5. The highest BCUT2D eigenvalue weighted by molar-refractivity contribution is 5.88. The number of nitrogens with zero attached hydrogens (tertiary/aromatic N) is 4. The third-order valence-corrected chi connectivity index (χ3v) is 5.68. The van der Waals surface area contributed by atoms with Crippen LogP contribution in [0.2, 0.25) is 0 Å². The molecule has 0 bridgehead atoms. The number of aryl methyl sites for hydroxylation is 2. The van der Waals surface area contributed by atoms with Gasteiger partial charge in [0.15, 0.2) is 0 Å². The lowest BCUT2D eigenvalue weighted by Crippen LogP contribution is -2.38. The normalized spacial score (nSPS) is 17.5. The van der Waals surface area contributed by atoms with E-state index in [1.807, 2.05) is 25.3 Å². The minimum absolute atomic E-state index is 0.0137. The van der Waals surface area contributed by atoms with Crippen LogP contribution in [0.4, 0.5) is 0 Å². The molecule has 0 aliphatic carbocycles. The maximum Gasteiger partial charge on any atom is 0.270 e. The SMILES string of the molecule is [C-]#[N+]CN1CCOC(c2ccc3[nH]c(-c4cc(C)c(=O)n(C)c4)c(C(C)C)c3n2)C1. The Bertz CT molecular complexity index is 1160. The van der Waals surface area contributed by atoms with Crippen LogP contribution in [-0.2, 0) is 11.8 Å². The molecule has 0 amide bonds. The molecule has 4 heterocycles. The first kappa shape index (κ1) is 20.3. The Balaban J connectivity index is 1.80. The second kappa shape index (κ2) is 8.05. The van der Waals surface area contributed by atoms with Gasteiger partial charge in [0.1, 0.15) is 6.10 Å². The molecule has 0 saturated carbocycles. The molecule has 1 saturated heterocycles.